The summed E-state index contributed by atoms with van der Waals surface area (Å²) in [6, 6.07) is 0. The Kier molecular flexibility index (Phi) is 1.49. The maximum Gasteiger partial charge on any atom is 0.244 e. The van der Waals surface area contributed by atoms with Crippen molar-refractivity contribution >= 4 is 23.2 Å². The van der Waals surface area contributed by atoms with Crippen LogP contribution < -0.4 is 0 Å². The molecule has 0 aromatic heterocycles. The Labute approximate surface area is 56.8 Å². The lowest BCUT2D eigenvalue weighted by atomic mass is 10.1. The van der Waals surface area contributed by atoms with Gasteiger partial charge in [-0.15, -0.1) is 0 Å². The first-order valence-electron chi connectivity index (χ1n) is 2.34. The molecule has 0 bridgehead atoms. The summed E-state index contributed by atoms with van der Waals surface area (Å²) in [7, 11) is 0. The van der Waals surface area contributed by atoms with Gasteiger partial charge in [-0.1, -0.05) is 17.7 Å². The average molecular weight is 143 g/mol. The van der Waals surface area contributed by atoms with Gasteiger partial charge in [0.1, 0.15) is 0 Å². The van der Waals surface area contributed by atoms with Gasteiger partial charge in [0.25, 0.3) is 0 Å². The van der Waals surface area contributed by atoms with Gasteiger partial charge in [-0.05, 0) is 12.2 Å². The zero-order chi connectivity index (χ0) is 6.85. The van der Waals surface area contributed by atoms with Crippen molar-refractivity contribution in [3.05, 3.63) is 23.3 Å². The molecule has 1 aliphatic rings. The van der Waals surface area contributed by atoms with Crippen LogP contribution >= 0.6 is 11.6 Å². The quantitative estimate of drug-likeness (QED) is 0.371. The van der Waals surface area contributed by atoms with E-state index in [1.54, 1.807) is 0 Å². The third kappa shape index (κ3) is 1.08. The van der Waals surface area contributed by atoms with Crippen molar-refractivity contribution in [2.24, 2.45) is 0 Å². The molecule has 0 aromatic rings. The molecule has 0 fully saturated rings. The number of hydrogen-bond donors (Lipinski definition) is 0. The molecule has 2 nitrogen and oxygen atoms in total. The van der Waals surface area contributed by atoms with Crippen LogP contribution in [0.3, 0.4) is 0 Å². The number of Topliss-reactive ketones (excluding diaryl/α,β-unsaturated/α-hetero) is 1. The second-order valence-electron chi connectivity index (χ2n) is 1.57. The molecule has 0 heterocycles. The maximum absolute atomic E-state index is 10.5. The van der Waals surface area contributed by atoms with Crippen LogP contribution in [0.4, 0.5) is 0 Å². The van der Waals surface area contributed by atoms with Crippen LogP contribution in [0.1, 0.15) is 0 Å². The van der Waals surface area contributed by atoms with Crippen molar-refractivity contribution in [3.63, 3.8) is 0 Å². The standard InChI is InChI=1S/C6H3ClO2/c7-4-2-1-3-5(8)6(4)9/h1-3H. The van der Waals surface area contributed by atoms with E-state index < -0.39 is 11.6 Å². The van der Waals surface area contributed by atoms with Gasteiger partial charge in [0.2, 0.25) is 11.6 Å². The SMILES string of the molecule is O=C1C=CC=C(Cl)C1=O. The van der Waals surface area contributed by atoms with Crippen molar-refractivity contribution in [2.75, 3.05) is 0 Å². The van der Waals surface area contributed by atoms with E-state index in [0.29, 0.717) is 0 Å². The van der Waals surface area contributed by atoms with Crippen molar-refractivity contribution in [1.29, 1.82) is 0 Å². The Morgan fingerprint density at radius 2 is 2.00 bits per heavy atom. The van der Waals surface area contributed by atoms with Gasteiger partial charge in [0, 0.05) is 0 Å². The third-order valence-electron chi connectivity index (χ3n) is 0.931. The van der Waals surface area contributed by atoms with E-state index in [2.05, 4.69) is 0 Å². The van der Waals surface area contributed by atoms with Crippen LogP contribution in [0.25, 0.3) is 0 Å². The lowest BCUT2D eigenvalue weighted by Gasteiger charge is -1.95. The van der Waals surface area contributed by atoms with Gasteiger partial charge < -0.3 is 0 Å². The first kappa shape index (κ1) is 6.23. The molecule has 0 amide bonds. The maximum atomic E-state index is 10.5. The highest BCUT2D eigenvalue weighted by atomic mass is 35.5. The number of carbonyl (C=O) groups is 2. The molecule has 0 unspecified atom stereocenters. The summed E-state index contributed by atoms with van der Waals surface area (Å²) < 4.78 is 0. The molecule has 1 aliphatic carbocycles. The lowest BCUT2D eigenvalue weighted by Crippen LogP contribution is -2.12. The van der Waals surface area contributed by atoms with E-state index in [1.807, 2.05) is 0 Å². The number of hydrogen-bond acceptors (Lipinski definition) is 2. The van der Waals surface area contributed by atoms with Crippen molar-refractivity contribution < 1.29 is 9.59 Å². The molecule has 0 radical (unpaired) electrons. The molecular weight excluding hydrogens is 140 g/mol. The van der Waals surface area contributed by atoms with Gasteiger partial charge in [0.05, 0.1) is 5.03 Å². The highest BCUT2D eigenvalue weighted by molar-refractivity contribution is 6.60. The van der Waals surface area contributed by atoms with Crippen LogP contribution in [0.15, 0.2) is 23.3 Å². The van der Waals surface area contributed by atoms with Crippen LogP contribution in [0.2, 0.25) is 0 Å². The molecule has 9 heavy (non-hydrogen) atoms. The fourth-order valence-corrected chi connectivity index (χ4v) is 0.655. The second kappa shape index (κ2) is 2.15. The van der Waals surface area contributed by atoms with E-state index in [-0.39, 0.29) is 5.03 Å². The van der Waals surface area contributed by atoms with Crippen molar-refractivity contribution in [3.8, 4) is 0 Å². The van der Waals surface area contributed by atoms with Crippen molar-refractivity contribution in [2.45, 2.75) is 0 Å². The Morgan fingerprint density at radius 1 is 1.33 bits per heavy atom. The summed E-state index contributed by atoms with van der Waals surface area (Å²) in [6.07, 6.45) is 4.03. The van der Waals surface area contributed by atoms with E-state index >= 15 is 0 Å². The second-order valence-corrected chi connectivity index (χ2v) is 1.97. The minimum Gasteiger partial charge on any atom is -0.286 e. The lowest BCUT2D eigenvalue weighted by molar-refractivity contribution is -0.131. The van der Waals surface area contributed by atoms with Gasteiger partial charge in [0.15, 0.2) is 0 Å². The Bertz CT molecular complexity index is 225. The third-order valence-corrected chi connectivity index (χ3v) is 1.23. The number of halogens is 1. The van der Waals surface area contributed by atoms with E-state index in [9.17, 15) is 9.59 Å². The van der Waals surface area contributed by atoms with Gasteiger partial charge in [-0.3, -0.25) is 9.59 Å². The minimum atomic E-state index is -0.626. The van der Waals surface area contributed by atoms with Crippen LogP contribution in [0.5, 0.6) is 0 Å². The van der Waals surface area contributed by atoms with E-state index in [4.69, 9.17) is 11.6 Å². The fourth-order valence-electron chi connectivity index (χ4n) is 0.489. The molecule has 3 heteroatoms. The van der Waals surface area contributed by atoms with E-state index in [1.165, 1.54) is 18.2 Å². The van der Waals surface area contributed by atoms with Crippen molar-refractivity contribution in [1.82, 2.24) is 0 Å². The number of allylic oxidation sites excluding steroid dienone is 4. The van der Waals surface area contributed by atoms with Gasteiger partial charge in [-0.2, -0.15) is 0 Å². The predicted molar refractivity (Wildman–Crippen MR) is 33.1 cm³/mol. The highest BCUT2D eigenvalue weighted by Crippen LogP contribution is 2.08. The van der Waals surface area contributed by atoms with E-state index in [0.717, 1.165) is 0 Å². The topological polar surface area (TPSA) is 34.1 Å². The zero-order valence-electron chi connectivity index (χ0n) is 4.43. The Morgan fingerprint density at radius 3 is 2.44 bits per heavy atom. The smallest absolute Gasteiger partial charge is 0.244 e. The molecule has 1 rings (SSSR count). The first-order valence-corrected chi connectivity index (χ1v) is 2.72. The molecular formula is C6H3ClO2. The normalized spacial score (nSPS) is 18.1. The summed E-state index contributed by atoms with van der Waals surface area (Å²) in [5.74, 6) is -1.18. The predicted octanol–water partition coefficient (Wildman–Crippen LogP) is 0.817. The Balaban J connectivity index is 3.00. The fraction of sp³-hybridized carbons (Fsp3) is 0. The number of ketones is 2. The zero-order valence-corrected chi connectivity index (χ0v) is 5.18. The van der Waals surface area contributed by atoms with Gasteiger partial charge >= 0.3 is 0 Å². The summed E-state index contributed by atoms with van der Waals surface area (Å²) >= 11 is 5.30. The first-order chi connectivity index (χ1) is 4.22. The highest BCUT2D eigenvalue weighted by Gasteiger charge is 2.15. The summed E-state index contributed by atoms with van der Waals surface area (Å²) in [4.78, 5) is 21.0. The summed E-state index contributed by atoms with van der Waals surface area (Å²) in [5.41, 5.74) is 0. The number of carbonyl (C=O) groups excluding carboxylic acids is 2. The van der Waals surface area contributed by atoms with Crippen LogP contribution in [-0.2, 0) is 9.59 Å². The molecule has 0 spiro atoms. The van der Waals surface area contributed by atoms with Crippen LogP contribution in [0, 0.1) is 0 Å². The number of rotatable bonds is 0. The minimum absolute atomic E-state index is 0.0116. The average Bonchev–Trinajstić information content (AvgIpc) is 1.83. The van der Waals surface area contributed by atoms with Gasteiger partial charge in [-0.25, -0.2) is 0 Å². The molecule has 0 saturated heterocycles. The monoisotopic (exact) mass is 142 g/mol. The summed E-state index contributed by atoms with van der Waals surface area (Å²) in [5, 5.41) is -0.0116. The molecule has 0 aliphatic heterocycles. The molecule has 0 N–H and O–H groups in total. The molecule has 0 saturated carbocycles. The van der Waals surface area contributed by atoms with Crippen LogP contribution in [-0.4, -0.2) is 11.6 Å². The molecule has 46 valence electrons. The summed E-state index contributed by atoms with van der Waals surface area (Å²) in [6.45, 7) is 0. The largest absolute Gasteiger partial charge is 0.286 e. The Hall–Kier alpha value is -0.890. The molecule has 0 aromatic carbocycles. The molecule has 0 atom stereocenters.